The molecule has 1 atom stereocenters. The van der Waals surface area contributed by atoms with Gasteiger partial charge in [0.15, 0.2) is 5.82 Å². The van der Waals surface area contributed by atoms with Gasteiger partial charge in [-0.15, -0.1) is 5.10 Å². The maximum absolute atomic E-state index is 14.1. The second-order valence-electron chi connectivity index (χ2n) is 6.89. The molecule has 0 radical (unpaired) electrons. The van der Waals surface area contributed by atoms with Gasteiger partial charge in [0.25, 0.3) is 0 Å². The summed E-state index contributed by atoms with van der Waals surface area (Å²) >= 11 is 0. The van der Waals surface area contributed by atoms with E-state index in [1.807, 2.05) is 16.8 Å². The molecule has 0 saturated carbocycles. The lowest BCUT2D eigenvalue weighted by Gasteiger charge is -2.39. The van der Waals surface area contributed by atoms with Crippen LogP contribution in [0.4, 0.5) is 10.1 Å². The smallest absolute Gasteiger partial charge is 0.168 e. The van der Waals surface area contributed by atoms with Gasteiger partial charge in [0.2, 0.25) is 0 Å². The highest BCUT2D eigenvalue weighted by atomic mass is 19.1. The largest absolute Gasteiger partial charge is 0.383 e. The molecular formula is C19H29FN6O. The van der Waals surface area contributed by atoms with Gasteiger partial charge in [-0.2, -0.15) is 0 Å². The third-order valence-electron chi connectivity index (χ3n) is 5.14. The second kappa shape index (κ2) is 9.75. The van der Waals surface area contributed by atoms with Gasteiger partial charge in [0.05, 0.1) is 24.9 Å². The van der Waals surface area contributed by atoms with Crippen molar-refractivity contribution in [2.75, 3.05) is 44.8 Å². The van der Waals surface area contributed by atoms with Crippen molar-refractivity contribution >= 4 is 5.69 Å². The zero-order chi connectivity index (χ0) is 19.1. The van der Waals surface area contributed by atoms with Gasteiger partial charge in [0, 0.05) is 33.3 Å². The average molecular weight is 376 g/mol. The molecule has 1 aromatic heterocycles. The maximum Gasteiger partial charge on any atom is 0.168 e. The SMILES string of the molecule is CCCC[C@H](c1nnnn1CCOC)N1CCN(c2ccccc2F)CC1. The number of anilines is 1. The highest BCUT2D eigenvalue weighted by molar-refractivity contribution is 5.48. The van der Waals surface area contributed by atoms with E-state index in [2.05, 4.69) is 32.2 Å². The number of hydrogen-bond acceptors (Lipinski definition) is 6. The Balaban J connectivity index is 1.70. The first-order chi connectivity index (χ1) is 13.2. The molecule has 1 aromatic carbocycles. The van der Waals surface area contributed by atoms with Crippen LogP contribution in [0.1, 0.15) is 38.1 Å². The molecule has 1 aliphatic heterocycles. The van der Waals surface area contributed by atoms with Crippen molar-refractivity contribution in [3.63, 3.8) is 0 Å². The number of ether oxygens (including phenoxy) is 1. The zero-order valence-corrected chi connectivity index (χ0v) is 16.2. The summed E-state index contributed by atoms with van der Waals surface area (Å²) < 4.78 is 21.1. The molecule has 27 heavy (non-hydrogen) atoms. The molecule has 2 heterocycles. The van der Waals surface area contributed by atoms with Crippen LogP contribution >= 0.6 is 0 Å². The van der Waals surface area contributed by atoms with E-state index >= 15 is 0 Å². The van der Waals surface area contributed by atoms with Crippen molar-refractivity contribution in [1.82, 2.24) is 25.1 Å². The lowest BCUT2D eigenvalue weighted by atomic mass is 10.1. The van der Waals surface area contributed by atoms with Gasteiger partial charge >= 0.3 is 0 Å². The minimum atomic E-state index is -0.156. The Bertz CT molecular complexity index is 701. The average Bonchev–Trinajstić information content (AvgIpc) is 3.16. The molecule has 1 aliphatic rings. The van der Waals surface area contributed by atoms with E-state index in [1.54, 1.807) is 13.2 Å². The fourth-order valence-electron chi connectivity index (χ4n) is 3.64. The first-order valence-corrected chi connectivity index (χ1v) is 9.73. The van der Waals surface area contributed by atoms with Crippen LogP contribution in [-0.4, -0.2) is 65.0 Å². The number of methoxy groups -OCH3 is 1. The lowest BCUT2D eigenvalue weighted by molar-refractivity contribution is 0.152. The Labute approximate surface area is 160 Å². The number of halogens is 1. The number of hydrogen-bond donors (Lipinski definition) is 0. The minimum absolute atomic E-state index is 0.156. The molecule has 0 bridgehead atoms. The summed E-state index contributed by atoms with van der Waals surface area (Å²) in [5.74, 6) is 0.747. The topological polar surface area (TPSA) is 59.3 Å². The molecule has 1 fully saturated rings. The third-order valence-corrected chi connectivity index (χ3v) is 5.14. The molecule has 7 nitrogen and oxygen atoms in total. The fraction of sp³-hybridized carbons (Fsp3) is 0.632. The number of rotatable bonds is 9. The van der Waals surface area contributed by atoms with Crippen LogP contribution in [-0.2, 0) is 11.3 Å². The van der Waals surface area contributed by atoms with Crippen LogP contribution in [0, 0.1) is 5.82 Å². The van der Waals surface area contributed by atoms with Gasteiger partial charge < -0.3 is 9.64 Å². The summed E-state index contributed by atoms with van der Waals surface area (Å²) in [5.41, 5.74) is 0.687. The summed E-state index contributed by atoms with van der Waals surface area (Å²) in [7, 11) is 1.68. The molecular weight excluding hydrogens is 347 g/mol. The van der Waals surface area contributed by atoms with E-state index in [0.717, 1.165) is 51.3 Å². The van der Waals surface area contributed by atoms with Crippen LogP contribution in [0.2, 0.25) is 0 Å². The molecule has 0 N–H and O–H groups in total. The van der Waals surface area contributed by atoms with Gasteiger partial charge in [-0.1, -0.05) is 31.9 Å². The molecule has 2 aromatic rings. The molecule has 8 heteroatoms. The highest BCUT2D eigenvalue weighted by Crippen LogP contribution is 2.28. The van der Waals surface area contributed by atoms with Crippen LogP contribution < -0.4 is 4.90 Å². The van der Waals surface area contributed by atoms with Crippen LogP contribution in [0.25, 0.3) is 0 Å². The summed E-state index contributed by atoms with van der Waals surface area (Å²) in [5, 5.41) is 12.4. The van der Waals surface area contributed by atoms with E-state index in [1.165, 1.54) is 6.07 Å². The first kappa shape index (κ1) is 19.7. The number of para-hydroxylation sites is 1. The van der Waals surface area contributed by atoms with Gasteiger partial charge in [-0.3, -0.25) is 4.90 Å². The summed E-state index contributed by atoms with van der Waals surface area (Å²) in [6.45, 7) is 6.74. The fourth-order valence-corrected chi connectivity index (χ4v) is 3.64. The normalized spacial score (nSPS) is 16.6. The van der Waals surface area contributed by atoms with E-state index in [4.69, 9.17) is 4.74 Å². The second-order valence-corrected chi connectivity index (χ2v) is 6.89. The number of nitrogens with zero attached hydrogens (tertiary/aromatic N) is 6. The Morgan fingerprint density at radius 3 is 2.67 bits per heavy atom. The van der Waals surface area contributed by atoms with E-state index < -0.39 is 0 Å². The van der Waals surface area contributed by atoms with Crippen LogP contribution in [0.15, 0.2) is 24.3 Å². The maximum atomic E-state index is 14.1. The predicted molar refractivity (Wildman–Crippen MR) is 102 cm³/mol. The Hall–Kier alpha value is -2.06. The van der Waals surface area contributed by atoms with Gasteiger partial charge in [-0.05, 0) is 29.0 Å². The molecule has 3 rings (SSSR count). The monoisotopic (exact) mass is 376 g/mol. The van der Waals surface area contributed by atoms with Crippen molar-refractivity contribution in [2.45, 2.75) is 38.8 Å². The summed E-state index contributed by atoms with van der Waals surface area (Å²) in [6.07, 6.45) is 3.27. The van der Waals surface area contributed by atoms with Crippen molar-refractivity contribution in [1.29, 1.82) is 0 Å². The number of tetrazole rings is 1. The number of benzene rings is 1. The van der Waals surface area contributed by atoms with Crippen molar-refractivity contribution in [3.05, 3.63) is 35.9 Å². The third kappa shape index (κ3) is 4.81. The van der Waals surface area contributed by atoms with Gasteiger partial charge in [-0.25, -0.2) is 9.07 Å². The van der Waals surface area contributed by atoms with Gasteiger partial charge in [0.1, 0.15) is 5.82 Å². The van der Waals surface area contributed by atoms with E-state index in [0.29, 0.717) is 18.8 Å². The van der Waals surface area contributed by atoms with Crippen molar-refractivity contribution in [2.24, 2.45) is 0 Å². The predicted octanol–water partition coefficient (Wildman–Crippen LogP) is 2.51. The minimum Gasteiger partial charge on any atom is -0.383 e. The summed E-state index contributed by atoms with van der Waals surface area (Å²) in [6, 6.07) is 7.18. The molecule has 0 amide bonds. The molecule has 0 unspecified atom stereocenters. The summed E-state index contributed by atoms with van der Waals surface area (Å²) in [4.78, 5) is 4.55. The highest BCUT2D eigenvalue weighted by Gasteiger charge is 2.29. The van der Waals surface area contributed by atoms with Crippen molar-refractivity contribution in [3.8, 4) is 0 Å². The number of unbranched alkanes of at least 4 members (excludes halogenated alkanes) is 1. The van der Waals surface area contributed by atoms with Crippen LogP contribution in [0.3, 0.4) is 0 Å². The Morgan fingerprint density at radius 2 is 1.96 bits per heavy atom. The lowest BCUT2D eigenvalue weighted by Crippen LogP contribution is -2.48. The van der Waals surface area contributed by atoms with Crippen molar-refractivity contribution < 1.29 is 9.13 Å². The zero-order valence-electron chi connectivity index (χ0n) is 16.2. The van der Waals surface area contributed by atoms with E-state index in [9.17, 15) is 4.39 Å². The molecule has 148 valence electrons. The molecule has 1 saturated heterocycles. The van der Waals surface area contributed by atoms with E-state index in [-0.39, 0.29) is 11.9 Å². The standard InChI is InChI=1S/C19H29FN6O/c1-3-4-8-18(19-21-22-23-26(19)14-15-27-2)25-12-10-24(11-13-25)17-9-6-5-7-16(17)20/h5-7,9,18H,3-4,8,10-15H2,1-2H3/t18-/m1/s1. The first-order valence-electron chi connectivity index (χ1n) is 9.73. The Kier molecular flexibility index (Phi) is 7.11. The molecule has 0 spiro atoms. The molecule has 0 aliphatic carbocycles. The Morgan fingerprint density at radius 1 is 1.19 bits per heavy atom. The number of piperazine rings is 1. The van der Waals surface area contributed by atoms with Crippen LogP contribution in [0.5, 0.6) is 0 Å². The number of aromatic nitrogens is 4. The quantitative estimate of drug-likeness (QED) is 0.670.